The van der Waals surface area contributed by atoms with E-state index in [9.17, 15) is 18.9 Å². The van der Waals surface area contributed by atoms with Crippen molar-refractivity contribution < 1.29 is 37.4 Å². The summed E-state index contributed by atoms with van der Waals surface area (Å²) in [5.74, 6) is -0.995. The number of esters is 1. The number of halogens is 1. The van der Waals surface area contributed by atoms with Crippen molar-refractivity contribution >= 4 is 30.7 Å². The minimum Gasteiger partial charge on any atom is -0.460 e. The van der Waals surface area contributed by atoms with Crippen LogP contribution >= 0.6 is 7.75 Å². The lowest BCUT2D eigenvalue weighted by atomic mass is 10.2. The van der Waals surface area contributed by atoms with Crippen LogP contribution in [0.1, 0.15) is 25.1 Å². The van der Waals surface area contributed by atoms with Gasteiger partial charge >= 0.3 is 13.7 Å². The first-order valence-electron chi connectivity index (χ1n) is 12.7. The van der Waals surface area contributed by atoms with Crippen molar-refractivity contribution in [1.82, 2.24) is 24.6 Å². The molecule has 2 unspecified atom stereocenters. The van der Waals surface area contributed by atoms with Crippen LogP contribution in [0.25, 0.3) is 11.2 Å². The first-order valence-corrected chi connectivity index (χ1v) is 14.2. The standard InChI is InChI=1S/C26H28FN6O7P/c1-16(26(35)37-12-17-5-3-2-4-6-17)32-41(36,40-19-9-7-18(27)8-10-19)38-13-21-20(34)11-22(39-21)33-15-31-23-24(28)29-14-30-25(23)33/h2-10,14-16,20-22,34H,11-13H2,1H3,(H,32,36)(H2,28,29,30)/t16-,20+,21?,22+,41?/m0/s1. The number of benzene rings is 2. The Morgan fingerprint density at radius 2 is 1.98 bits per heavy atom. The van der Waals surface area contributed by atoms with Gasteiger partial charge in [-0.05, 0) is 36.8 Å². The summed E-state index contributed by atoms with van der Waals surface area (Å²) in [6, 6.07) is 12.7. The molecule has 2 aromatic heterocycles. The third-order valence-corrected chi connectivity index (χ3v) is 7.92. The predicted molar refractivity (Wildman–Crippen MR) is 144 cm³/mol. The van der Waals surface area contributed by atoms with Crippen LogP contribution in [0, 0.1) is 5.82 Å². The SMILES string of the molecule is C[C@H](NP(=O)(OCC1O[C@@H](n2cnc3c(N)ncnc32)C[C@H]1O)Oc1ccc(F)cc1)C(=O)OCc1ccccc1. The van der Waals surface area contributed by atoms with Crippen molar-refractivity contribution in [3.63, 3.8) is 0 Å². The summed E-state index contributed by atoms with van der Waals surface area (Å²) in [6.07, 6.45) is 0.316. The number of carbonyl (C=O) groups excluding carboxylic acids is 1. The number of fused-ring (bicyclic) bond motifs is 1. The molecule has 0 amide bonds. The van der Waals surface area contributed by atoms with Crippen LogP contribution in [0.15, 0.2) is 67.3 Å². The second-order valence-corrected chi connectivity index (χ2v) is 11.0. The van der Waals surface area contributed by atoms with Gasteiger partial charge in [0.2, 0.25) is 0 Å². The number of aliphatic hydroxyl groups excluding tert-OH is 1. The lowest BCUT2D eigenvalue weighted by molar-refractivity contribution is -0.146. The molecular formula is C26H28FN6O7P. The van der Waals surface area contributed by atoms with Crippen molar-refractivity contribution in [3.05, 3.63) is 78.6 Å². The number of carbonyl (C=O) groups is 1. The van der Waals surface area contributed by atoms with Crippen LogP contribution in [0.5, 0.6) is 5.75 Å². The highest BCUT2D eigenvalue weighted by atomic mass is 31.2. The van der Waals surface area contributed by atoms with Gasteiger partial charge in [-0.2, -0.15) is 5.09 Å². The van der Waals surface area contributed by atoms with Gasteiger partial charge in [0.15, 0.2) is 11.5 Å². The summed E-state index contributed by atoms with van der Waals surface area (Å²) in [5, 5.41) is 13.2. The first kappa shape index (κ1) is 28.6. The molecule has 1 aliphatic heterocycles. The fourth-order valence-corrected chi connectivity index (χ4v) is 5.66. The lowest BCUT2D eigenvalue weighted by Crippen LogP contribution is -2.36. The van der Waals surface area contributed by atoms with Crippen LogP contribution in [0.2, 0.25) is 0 Å². The fraction of sp³-hybridized carbons (Fsp3) is 0.308. The van der Waals surface area contributed by atoms with E-state index in [4.69, 9.17) is 24.3 Å². The van der Waals surface area contributed by atoms with Gasteiger partial charge in [0.05, 0.1) is 19.0 Å². The number of nitrogens with one attached hydrogen (secondary N) is 1. The van der Waals surface area contributed by atoms with E-state index in [1.54, 1.807) is 16.7 Å². The second-order valence-electron chi connectivity index (χ2n) is 9.30. The monoisotopic (exact) mass is 586 g/mol. The van der Waals surface area contributed by atoms with Gasteiger partial charge in [-0.15, -0.1) is 0 Å². The number of hydrogen-bond acceptors (Lipinski definition) is 11. The Labute approximate surface area is 234 Å². The molecule has 4 N–H and O–H groups in total. The second kappa shape index (κ2) is 12.3. The van der Waals surface area contributed by atoms with E-state index in [2.05, 4.69) is 20.0 Å². The van der Waals surface area contributed by atoms with Gasteiger partial charge in [0.25, 0.3) is 0 Å². The Kier molecular flexibility index (Phi) is 8.57. The number of aliphatic hydroxyl groups is 1. The predicted octanol–water partition coefficient (Wildman–Crippen LogP) is 3.12. The molecule has 5 atom stereocenters. The zero-order chi connectivity index (χ0) is 29.0. The normalized spacial score (nSPS) is 20.9. The number of nitrogens with two attached hydrogens (primary N) is 1. The third kappa shape index (κ3) is 6.87. The Morgan fingerprint density at radius 1 is 1.22 bits per heavy atom. The summed E-state index contributed by atoms with van der Waals surface area (Å²) >= 11 is 0. The van der Waals surface area contributed by atoms with Crippen LogP contribution < -0.4 is 15.3 Å². The minimum atomic E-state index is -4.29. The molecule has 0 spiro atoms. The zero-order valence-corrected chi connectivity index (χ0v) is 22.8. The molecule has 216 valence electrons. The average Bonchev–Trinajstić information content (AvgIpc) is 3.56. The molecule has 3 heterocycles. The summed E-state index contributed by atoms with van der Waals surface area (Å²) in [6.45, 7) is 1.07. The van der Waals surface area contributed by atoms with Crippen LogP contribution in [0.3, 0.4) is 0 Å². The number of rotatable bonds is 11. The van der Waals surface area contributed by atoms with Crippen LogP contribution in [-0.2, 0) is 30.0 Å². The van der Waals surface area contributed by atoms with Gasteiger partial charge in [0, 0.05) is 6.42 Å². The van der Waals surface area contributed by atoms with Crippen molar-refractivity contribution in [2.75, 3.05) is 12.3 Å². The van der Waals surface area contributed by atoms with Crippen molar-refractivity contribution in [1.29, 1.82) is 0 Å². The Hall–Kier alpha value is -3.94. The molecule has 41 heavy (non-hydrogen) atoms. The quantitative estimate of drug-likeness (QED) is 0.173. The van der Waals surface area contributed by atoms with E-state index < -0.39 is 44.0 Å². The number of imidazole rings is 1. The highest BCUT2D eigenvalue weighted by Crippen LogP contribution is 2.46. The molecule has 15 heteroatoms. The maximum atomic E-state index is 13.8. The molecule has 4 aromatic rings. The van der Waals surface area contributed by atoms with E-state index in [0.29, 0.717) is 11.2 Å². The smallest absolute Gasteiger partial charge is 0.459 e. The summed E-state index contributed by atoms with van der Waals surface area (Å²) < 4.78 is 51.3. The average molecular weight is 587 g/mol. The molecular weight excluding hydrogens is 558 g/mol. The molecule has 0 radical (unpaired) electrons. The maximum Gasteiger partial charge on any atom is 0.459 e. The fourth-order valence-electron chi connectivity index (χ4n) is 4.16. The molecule has 2 aromatic carbocycles. The van der Waals surface area contributed by atoms with Crippen LogP contribution in [-0.4, -0.2) is 55.5 Å². The molecule has 1 fully saturated rings. The highest BCUT2D eigenvalue weighted by Gasteiger charge is 2.39. The van der Waals surface area contributed by atoms with Crippen molar-refractivity contribution in [2.45, 2.75) is 44.4 Å². The first-order chi connectivity index (χ1) is 19.7. The summed E-state index contributed by atoms with van der Waals surface area (Å²) in [5.41, 5.74) is 7.44. The van der Waals surface area contributed by atoms with E-state index in [1.165, 1.54) is 31.7 Å². The number of hydrogen-bond donors (Lipinski definition) is 3. The summed E-state index contributed by atoms with van der Waals surface area (Å²) in [4.78, 5) is 25.0. The minimum absolute atomic E-state index is 0.0126. The molecule has 1 saturated heterocycles. The third-order valence-electron chi connectivity index (χ3n) is 6.28. The van der Waals surface area contributed by atoms with Gasteiger partial charge in [-0.25, -0.2) is 23.9 Å². The molecule has 0 bridgehead atoms. The van der Waals surface area contributed by atoms with E-state index in [1.807, 2.05) is 18.2 Å². The largest absolute Gasteiger partial charge is 0.460 e. The molecule has 1 aliphatic rings. The zero-order valence-electron chi connectivity index (χ0n) is 21.9. The molecule has 5 rings (SSSR count). The van der Waals surface area contributed by atoms with Crippen LogP contribution in [0.4, 0.5) is 10.2 Å². The summed E-state index contributed by atoms with van der Waals surface area (Å²) in [7, 11) is -4.29. The lowest BCUT2D eigenvalue weighted by Gasteiger charge is -2.24. The Bertz CT molecular complexity index is 1540. The molecule has 0 aliphatic carbocycles. The molecule has 13 nitrogen and oxygen atoms in total. The van der Waals surface area contributed by atoms with Gasteiger partial charge in [-0.3, -0.25) is 13.9 Å². The topological polar surface area (TPSA) is 173 Å². The van der Waals surface area contributed by atoms with Gasteiger partial charge in [-0.1, -0.05) is 30.3 Å². The number of ether oxygens (including phenoxy) is 2. The Morgan fingerprint density at radius 3 is 2.73 bits per heavy atom. The number of nitrogens with zero attached hydrogens (tertiary/aromatic N) is 4. The van der Waals surface area contributed by atoms with E-state index in [-0.39, 0.29) is 31.2 Å². The Balaban J connectivity index is 1.26. The van der Waals surface area contributed by atoms with Crippen molar-refractivity contribution in [2.24, 2.45) is 0 Å². The number of aromatic nitrogens is 4. The van der Waals surface area contributed by atoms with Gasteiger partial charge in [0.1, 0.15) is 48.4 Å². The maximum absolute atomic E-state index is 13.8. The van der Waals surface area contributed by atoms with E-state index in [0.717, 1.165) is 17.7 Å². The molecule has 0 saturated carbocycles. The van der Waals surface area contributed by atoms with E-state index >= 15 is 0 Å². The number of anilines is 1. The van der Waals surface area contributed by atoms with Gasteiger partial charge < -0.3 is 24.8 Å². The number of nitrogen functional groups attached to an aromatic ring is 1. The highest BCUT2D eigenvalue weighted by molar-refractivity contribution is 7.52. The van der Waals surface area contributed by atoms with Crippen molar-refractivity contribution in [3.8, 4) is 5.75 Å².